The first kappa shape index (κ1) is 24.0. The highest BCUT2D eigenvalue weighted by atomic mass is 16.3. The molecule has 0 bridgehead atoms. The molecule has 3 fully saturated rings. The molecule has 0 spiro atoms. The molecule has 8 heteroatoms. The van der Waals surface area contributed by atoms with Gasteiger partial charge in [0.2, 0.25) is 5.82 Å². The van der Waals surface area contributed by atoms with Crippen molar-refractivity contribution in [2.45, 2.75) is 56.9 Å². The number of imidazole rings is 1. The van der Waals surface area contributed by atoms with Crippen molar-refractivity contribution in [2.24, 2.45) is 11.3 Å². The van der Waals surface area contributed by atoms with Crippen LogP contribution in [0.1, 0.15) is 54.2 Å². The summed E-state index contributed by atoms with van der Waals surface area (Å²) in [5.74, 6) is 7.34. The zero-order chi connectivity index (χ0) is 26.9. The molecule has 3 aliphatic carbocycles. The predicted octanol–water partition coefficient (Wildman–Crippen LogP) is 3.37. The molecule has 0 aliphatic heterocycles. The predicted molar refractivity (Wildman–Crippen MR) is 146 cm³/mol. The molecule has 3 saturated carbocycles. The largest absolute Gasteiger partial charge is 0.389 e. The Morgan fingerprint density at radius 2 is 1.92 bits per heavy atom. The average Bonchev–Trinajstić information content (AvgIpc) is 3.81. The fraction of sp³-hybridized carbons (Fsp3) is 0.355. The van der Waals surface area contributed by atoms with Gasteiger partial charge in [0, 0.05) is 17.5 Å². The SMILES string of the molecule is CC(=O)[C@@]12CC1[C@@H](n1cnc3c(NC4CC4c4ccccc4)nc(C#Cc4cccc(C)c4)nc31)[C@H](O)C2O. The monoisotopic (exact) mass is 519 g/mol. The van der Waals surface area contributed by atoms with Gasteiger partial charge in [0.1, 0.15) is 11.9 Å². The number of aryl methyl sites for hydroxylation is 1. The molecule has 0 saturated heterocycles. The van der Waals surface area contributed by atoms with Crippen LogP contribution in [0.25, 0.3) is 11.2 Å². The Hall–Kier alpha value is -4.06. The molecule has 3 aliphatic rings. The summed E-state index contributed by atoms with van der Waals surface area (Å²) in [6, 6.07) is 18.0. The zero-order valence-corrected chi connectivity index (χ0v) is 21.7. The van der Waals surface area contributed by atoms with Gasteiger partial charge in [-0.3, -0.25) is 4.79 Å². The third-order valence-corrected chi connectivity index (χ3v) is 8.75. The van der Waals surface area contributed by atoms with E-state index in [1.54, 1.807) is 10.9 Å². The van der Waals surface area contributed by atoms with Crippen LogP contribution in [0.2, 0.25) is 0 Å². The number of aliphatic hydroxyl groups is 2. The van der Waals surface area contributed by atoms with Crippen LogP contribution < -0.4 is 5.32 Å². The van der Waals surface area contributed by atoms with Crippen molar-refractivity contribution in [3.05, 3.63) is 83.4 Å². The van der Waals surface area contributed by atoms with Gasteiger partial charge in [0.05, 0.1) is 23.9 Å². The van der Waals surface area contributed by atoms with Crippen LogP contribution in [0.15, 0.2) is 60.9 Å². The number of hydrogen-bond acceptors (Lipinski definition) is 7. The molecule has 7 rings (SSSR count). The summed E-state index contributed by atoms with van der Waals surface area (Å²) in [4.78, 5) is 26.6. The Morgan fingerprint density at radius 3 is 2.67 bits per heavy atom. The number of Topliss-reactive ketones (excluding diaryl/α,β-unsaturated/α-hetero) is 1. The Bertz CT molecular complexity index is 1670. The second-order valence-corrected chi connectivity index (χ2v) is 11.2. The molecule has 4 unspecified atom stereocenters. The molecule has 8 nitrogen and oxygen atoms in total. The van der Waals surface area contributed by atoms with E-state index in [4.69, 9.17) is 9.97 Å². The minimum Gasteiger partial charge on any atom is -0.389 e. The number of hydrogen-bond donors (Lipinski definition) is 3. The van der Waals surface area contributed by atoms with Crippen LogP contribution in [0.4, 0.5) is 5.82 Å². The highest BCUT2D eigenvalue weighted by Crippen LogP contribution is 2.68. The summed E-state index contributed by atoms with van der Waals surface area (Å²) >= 11 is 0. The maximum atomic E-state index is 12.4. The van der Waals surface area contributed by atoms with Crippen molar-refractivity contribution in [3.63, 3.8) is 0 Å². The Morgan fingerprint density at radius 1 is 1.10 bits per heavy atom. The second kappa shape index (κ2) is 8.73. The molecule has 196 valence electrons. The van der Waals surface area contributed by atoms with Gasteiger partial charge < -0.3 is 20.1 Å². The van der Waals surface area contributed by atoms with Crippen molar-refractivity contribution in [3.8, 4) is 11.8 Å². The molecular weight excluding hydrogens is 490 g/mol. The van der Waals surface area contributed by atoms with Crippen LogP contribution in [-0.2, 0) is 4.79 Å². The highest BCUT2D eigenvalue weighted by Gasteiger charge is 2.74. The maximum Gasteiger partial charge on any atom is 0.209 e. The number of benzene rings is 2. The van der Waals surface area contributed by atoms with E-state index in [0.29, 0.717) is 35.1 Å². The van der Waals surface area contributed by atoms with E-state index in [1.807, 2.05) is 37.3 Å². The highest BCUT2D eigenvalue weighted by molar-refractivity contribution is 5.88. The molecule has 2 aromatic carbocycles. The Balaban J connectivity index is 1.29. The summed E-state index contributed by atoms with van der Waals surface area (Å²) in [5, 5.41) is 25.4. The minimum atomic E-state index is -1.11. The van der Waals surface area contributed by atoms with Crippen LogP contribution in [0.5, 0.6) is 0 Å². The molecule has 7 atom stereocenters. The lowest BCUT2D eigenvalue weighted by atomic mass is 9.95. The maximum absolute atomic E-state index is 12.4. The molecule has 3 N–H and O–H groups in total. The van der Waals surface area contributed by atoms with Crippen LogP contribution in [-0.4, -0.2) is 53.8 Å². The lowest BCUT2D eigenvalue weighted by molar-refractivity contribution is -0.128. The van der Waals surface area contributed by atoms with Crippen molar-refractivity contribution in [1.29, 1.82) is 0 Å². The summed E-state index contributed by atoms with van der Waals surface area (Å²) in [6.45, 7) is 3.51. The van der Waals surface area contributed by atoms with Crippen molar-refractivity contribution < 1.29 is 15.0 Å². The first-order valence-corrected chi connectivity index (χ1v) is 13.4. The molecular formula is C31H29N5O3. The Labute approximate surface area is 226 Å². The van der Waals surface area contributed by atoms with Gasteiger partial charge >= 0.3 is 0 Å². The second-order valence-electron chi connectivity index (χ2n) is 11.2. The number of aromatic nitrogens is 4. The summed E-state index contributed by atoms with van der Waals surface area (Å²) in [6.07, 6.45) is 0.961. The van der Waals surface area contributed by atoms with E-state index in [2.05, 4.69) is 46.4 Å². The molecule has 39 heavy (non-hydrogen) atoms. The normalized spacial score (nSPS) is 30.4. The number of rotatable bonds is 5. The fourth-order valence-electron chi connectivity index (χ4n) is 6.51. The molecule has 2 aromatic heterocycles. The molecule has 0 radical (unpaired) electrons. The van der Waals surface area contributed by atoms with Crippen LogP contribution >= 0.6 is 0 Å². The number of carbonyl (C=O) groups is 1. The van der Waals surface area contributed by atoms with Gasteiger partial charge in [-0.2, -0.15) is 0 Å². The number of aliphatic hydroxyl groups excluding tert-OH is 2. The zero-order valence-electron chi connectivity index (χ0n) is 21.7. The first-order valence-electron chi connectivity index (χ1n) is 13.4. The minimum absolute atomic E-state index is 0.0895. The number of nitrogens with zero attached hydrogens (tertiary/aromatic N) is 4. The topological polar surface area (TPSA) is 113 Å². The summed E-state index contributed by atoms with van der Waals surface area (Å²) in [5.41, 5.74) is 3.48. The lowest BCUT2D eigenvalue weighted by Gasteiger charge is -2.23. The summed E-state index contributed by atoms with van der Waals surface area (Å²) in [7, 11) is 0. The van der Waals surface area contributed by atoms with Crippen molar-refractivity contribution in [1.82, 2.24) is 19.5 Å². The lowest BCUT2D eigenvalue weighted by Crippen LogP contribution is -2.36. The molecule has 0 amide bonds. The fourth-order valence-corrected chi connectivity index (χ4v) is 6.51. The molecule has 4 aromatic rings. The quantitative estimate of drug-likeness (QED) is 0.347. The molecule has 2 heterocycles. The average molecular weight is 520 g/mol. The summed E-state index contributed by atoms with van der Waals surface area (Å²) < 4.78 is 1.80. The number of nitrogens with one attached hydrogen (secondary N) is 1. The number of anilines is 1. The van der Waals surface area contributed by atoms with E-state index >= 15 is 0 Å². The van der Waals surface area contributed by atoms with Gasteiger partial charge in [-0.1, -0.05) is 48.4 Å². The van der Waals surface area contributed by atoms with E-state index < -0.39 is 23.7 Å². The number of ketones is 1. The smallest absolute Gasteiger partial charge is 0.209 e. The van der Waals surface area contributed by atoms with Crippen molar-refractivity contribution in [2.75, 3.05) is 5.32 Å². The van der Waals surface area contributed by atoms with Crippen LogP contribution in [0.3, 0.4) is 0 Å². The van der Waals surface area contributed by atoms with Gasteiger partial charge in [-0.15, -0.1) is 0 Å². The van der Waals surface area contributed by atoms with E-state index in [0.717, 1.165) is 17.5 Å². The van der Waals surface area contributed by atoms with E-state index in [9.17, 15) is 15.0 Å². The third kappa shape index (κ3) is 3.84. The van der Waals surface area contributed by atoms with E-state index in [1.165, 1.54) is 12.5 Å². The van der Waals surface area contributed by atoms with Crippen molar-refractivity contribution >= 4 is 22.8 Å². The van der Waals surface area contributed by atoms with Gasteiger partial charge in [-0.25, -0.2) is 15.0 Å². The van der Waals surface area contributed by atoms with Crippen LogP contribution in [0, 0.1) is 30.1 Å². The standard InChI is InChI=1S/C31H29N5O3/c1-17-7-6-8-19(13-17)11-12-24-34-29(33-23-14-21(23)20-9-4-3-5-10-20)25-30(35-24)36(16-32-25)26-22-15-31(22,18(2)37)28(39)27(26)38/h3-10,13,16,21-23,26-28,38-39H,14-15H2,1-2H3,(H,33,34,35)/t21?,22?,23?,26-,27+,28?,31+/m1/s1. The Kier molecular flexibility index (Phi) is 5.38. The first-order chi connectivity index (χ1) is 18.9. The van der Waals surface area contributed by atoms with Gasteiger partial charge in [-0.05, 0) is 61.8 Å². The van der Waals surface area contributed by atoms with Gasteiger partial charge in [0.25, 0.3) is 0 Å². The number of fused-ring (bicyclic) bond motifs is 2. The third-order valence-electron chi connectivity index (χ3n) is 8.75. The van der Waals surface area contributed by atoms with Gasteiger partial charge in [0.15, 0.2) is 17.0 Å². The van der Waals surface area contributed by atoms with E-state index in [-0.39, 0.29) is 17.7 Å². The number of carbonyl (C=O) groups excluding carboxylic acids is 1.